The monoisotopic (exact) mass is 384 g/mol. The van der Waals surface area contributed by atoms with Gasteiger partial charge in [0.05, 0.1) is 31.8 Å². The molecule has 0 unspecified atom stereocenters. The van der Waals surface area contributed by atoms with Crippen molar-refractivity contribution < 1.29 is 40.0 Å². The van der Waals surface area contributed by atoms with Gasteiger partial charge in [-0.3, -0.25) is 0 Å². The lowest BCUT2D eigenvalue weighted by Crippen LogP contribution is -2.28. The minimum Gasteiger partial charge on any atom is -0.493 e. The average Bonchev–Trinajstić information content (AvgIpc) is 2.50. The van der Waals surface area contributed by atoms with E-state index >= 15 is 0 Å². The van der Waals surface area contributed by atoms with E-state index in [9.17, 15) is 26.4 Å². The van der Waals surface area contributed by atoms with Gasteiger partial charge in [-0.15, -0.1) is 0 Å². The van der Waals surface area contributed by atoms with Gasteiger partial charge in [-0.05, 0) is 0 Å². The molecule has 0 spiro atoms. The number of rotatable bonds is 6. The predicted molar refractivity (Wildman–Crippen MR) is 81.8 cm³/mol. The number of ether oxygens (including phenoxy) is 2. The minimum atomic E-state index is -5.93. The summed E-state index contributed by atoms with van der Waals surface area (Å²) in [4.78, 5) is 17.2. The first kappa shape index (κ1) is 20.5. The van der Waals surface area contributed by atoms with Gasteiger partial charge in [0.15, 0.2) is 11.5 Å². The summed E-state index contributed by atoms with van der Waals surface area (Å²) in [6.07, 6.45) is 1.25. The van der Waals surface area contributed by atoms with Crippen LogP contribution in [0.25, 0.3) is 0 Å². The molecule has 8 nitrogen and oxygen atoms in total. The number of esters is 1. The highest BCUT2D eigenvalue weighted by molar-refractivity contribution is 7.88. The van der Waals surface area contributed by atoms with Crippen LogP contribution >= 0.6 is 0 Å². The molecule has 0 aliphatic carbocycles. The third-order valence-electron chi connectivity index (χ3n) is 2.60. The Morgan fingerprint density at radius 2 is 1.80 bits per heavy atom. The average molecular weight is 384 g/mol. The van der Waals surface area contributed by atoms with Gasteiger partial charge >= 0.3 is 21.6 Å². The van der Waals surface area contributed by atoms with Crippen molar-refractivity contribution in [3.8, 4) is 11.5 Å². The molecule has 0 aliphatic rings. The van der Waals surface area contributed by atoms with Crippen LogP contribution < -0.4 is 8.92 Å². The highest BCUT2D eigenvalue weighted by Crippen LogP contribution is 2.38. The quantitative estimate of drug-likeness (QED) is 0.243. The van der Waals surface area contributed by atoms with Gasteiger partial charge in [0.2, 0.25) is 0 Å². The standard InChI is InChI=1S/C13H15F3N2O6S/c1-18(2)7-17-9-6-11(24-25(20,21)13(14,15)16)10(22-3)5-8(9)12(19)23-4/h5-7H,1-4H3/b17-7+. The van der Waals surface area contributed by atoms with E-state index in [4.69, 9.17) is 4.74 Å². The van der Waals surface area contributed by atoms with Gasteiger partial charge in [-0.25, -0.2) is 9.79 Å². The van der Waals surface area contributed by atoms with Crippen LogP contribution in [0, 0.1) is 0 Å². The first-order chi connectivity index (χ1) is 11.4. The molecular weight excluding hydrogens is 369 g/mol. The van der Waals surface area contributed by atoms with Crippen molar-refractivity contribution in [2.24, 2.45) is 4.99 Å². The maximum Gasteiger partial charge on any atom is 0.534 e. The molecule has 0 saturated heterocycles. The number of nitrogens with zero attached hydrogens (tertiary/aromatic N) is 2. The van der Waals surface area contributed by atoms with Crippen molar-refractivity contribution in [1.82, 2.24) is 4.90 Å². The lowest BCUT2D eigenvalue weighted by Gasteiger charge is -2.14. The summed E-state index contributed by atoms with van der Waals surface area (Å²) >= 11 is 0. The van der Waals surface area contributed by atoms with E-state index in [-0.39, 0.29) is 11.3 Å². The van der Waals surface area contributed by atoms with E-state index in [2.05, 4.69) is 13.9 Å². The van der Waals surface area contributed by atoms with Gasteiger partial charge in [0.25, 0.3) is 0 Å². The molecule has 0 bridgehead atoms. The Morgan fingerprint density at radius 1 is 1.20 bits per heavy atom. The third kappa shape index (κ3) is 4.98. The first-order valence-corrected chi connectivity index (χ1v) is 7.85. The molecule has 0 fully saturated rings. The molecule has 1 rings (SSSR count). The molecule has 0 saturated carbocycles. The van der Waals surface area contributed by atoms with Gasteiger partial charge in [-0.2, -0.15) is 21.6 Å². The second-order valence-electron chi connectivity index (χ2n) is 4.70. The second kappa shape index (κ2) is 7.59. The maximum atomic E-state index is 12.5. The number of methoxy groups -OCH3 is 2. The van der Waals surface area contributed by atoms with E-state index in [1.165, 1.54) is 11.2 Å². The molecule has 0 aliphatic heterocycles. The Labute approximate surface area is 141 Å². The van der Waals surface area contributed by atoms with Gasteiger partial charge in [0.1, 0.15) is 0 Å². The van der Waals surface area contributed by atoms with Gasteiger partial charge < -0.3 is 18.6 Å². The number of carbonyl (C=O) groups is 1. The van der Waals surface area contributed by atoms with Gasteiger partial charge in [0, 0.05) is 26.2 Å². The smallest absolute Gasteiger partial charge is 0.493 e. The largest absolute Gasteiger partial charge is 0.534 e. The van der Waals surface area contributed by atoms with Crippen molar-refractivity contribution in [1.29, 1.82) is 0 Å². The summed E-state index contributed by atoms with van der Waals surface area (Å²) in [6.45, 7) is 0. The van der Waals surface area contributed by atoms with E-state index in [0.717, 1.165) is 26.4 Å². The molecule has 0 atom stereocenters. The fraction of sp³-hybridized carbons (Fsp3) is 0.385. The fourth-order valence-electron chi connectivity index (χ4n) is 1.50. The van der Waals surface area contributed by atoms with Crippen LogP contribution in [0.15, 0.2) is 17.1 Å². The van der Waals surface area contributed by atoms with Crippen LogP contribution in [0.5, 0.6) is 11.5 Å². The summed E-state index contributed by atoms with van der Waals surface area (Å²) in [5.41, 5.74) is -5.96. The number of aliphatic imine (C=N–C) groups is 1. The van der Waals surface area contributed by atoms with Crippen LogP contribution in [0.4, 0.5) is 18.9 Å². The third-order valence-corrected chi connectivity index (χ3v) is 3.56. The lowest BCUT2D eigenvalue weighted by molar-refractivity contribution is -0.0500. The van der Waals surface area contributed by atoms with Crippen LogP contribution in [0.2, 0.25) is 0 Å². The molecule has 0 heterocycles. The Bertz CT molecular complexity index is 775. The summed E-state index contributed by atoms with van der Waals surface area (Å²) < 4.78 is 73.4. The van der Waals surface area contributed by atoms with E-state index in [0.29, 0.717) is 0 Å². The van der Waals surface area contributed by atoms with Crippen molar-refractivity contribution in [3.05, 3.63) is 17.7 Å². The van der Waals surface area contributed by atoms with E-state index in [1.54, 1.807) is 14.1 Å². The first-order valence-electron chi connectivity index (χ1n) is 6.44. The SMILES string of the molecule is COC(=O)c1cc(OC)c(OS(=O)(=O)C(F)(F)F)cc1/N=C/N(C)C. The highest BCUT2D eigenvalue weighted by atomic mass is 32.2. The second-order valence-corrected chi connectivity index (χ2v) is 6.24. The highest BCUT2D eigenvalue weighted by Gasteiger charge is 2.49. The van der Waals surface area contributed by atoms with E-state index in [1.807, 2.05) is 0 Å². The topological polar surface area (TPSA) is 94.5 Å². The number of hydrogen-bond donors (Lipinski definition) is 0. The van der Waals surface area contributed by atoms with Crippen molar-refractivity contribution in [2.75, 3.05) is 28.3 Å². The van der Waals surface area contributed by atoms with Crippen LogP contribution in [-0.2, 0) is 14.9 Å². The minimum absolute atomic E-state index is 0.158. The summed E-state index contributed by atoms with van der Waals surface area (Å²) in [5, 5.41) is 0. The van der Waals surface area contributed by atoms with Crippen molar-refractivity contribution in [2.45, 2.75) is 5.51 Å². The maximum absolute atomic E-state index is 12.5. The molecule has 140 valence electrons. The zero-order valence-corrected chi connectivity index (χ0v) is 14.4. The summed E-state index contributed by atoms with van der Waals surface area (Å²) in [7, 11) is -0.562. The molecule has 1 aromatic carbocycles. The lowest BCUT2D eigenvalue weighted by atomic mass is 10.1. The molecule has 0 radical (unpaired) electrons. The predicted octanol–water partition coefficient (Wildman–Crippen LogP) is 1.93. The molecule has 0 aromatic heterocycles. The number of alkyl halides is 3. The number of benzene rings is 1. The molecule has 0 N–H and O–H groups in total. The Morgan fingerprint density at radius 3 is 2.24 bits per heavy atom. The van der Waals surface area contributed by atoms with Crippen molar-refractivity contribution in [3.63, 3.8) is 0 Å². The van der Waals surface area contributed by atoms with Crippen LogP contribution in [0.1, 0.15) is 10.4 Å². The molecular formula is C13H15F3N2O6S. The van der Waals surface area contributed by atoms with Crippen LogP contribution in [-0.4, -0.2) is 59.4 Å². The molecule has 0 amide bonds. The number of hydrogen-bond acceptors (Lipinski definition) is 7. The van der Waals surface area contributed by atoms with E-state index < -0.39 is 33.1 Å². The Hall–Kier alpha value is -2.50. The molecule has 1 aromatic rings. The zero-order chi connectivity index (χ0) is 19.4. The molecule has 25 heavy (non-hydrogen) atoms. The zero-order valence-electron chi connectivity index (χ0n) is 13.6. The normalized spacial score (nSPS) is 12.1. The van der Waals surface area contributed by atoms with Gasteiger partial charge in [-0.1, -0.05) is 0 Å². The molecule has 12 heteroatoms. The summed E-state index contributed by atoms with van der Waals surface area (Å²) in [6, 6.07) is 1.80. The summed E-state index contributed by atoms with van der Waals surface area (Å²) in [5.74, 6) is -2.05. The number of carbonyl (C=O) groups excluding carboxylic acids is 1. The Balaban J connectivity index is 3.53. The van der Waals surface area contributed by atoms with Crippen LogP contribution in [0.3, 0.4) is 0 Å². The Kier molecular flexibility index (Phi) is 6.24. The van der Waals surface area contributed by atoms with Crippen molar-refractivity contribution >= 4 is 28.1 Å². The number of halogens is 3. The fourth-order valence-corrected chi connectivity index (χ4v) is 1.96.